The molecule has 0 aliphatic carbocycles. The van der Waals surface area contributed by atoms with Crippen molar-refractivity contribution in [2.24, 2.45) is 11.8 Å². The fraction of sp³-hybridized carbons (Fsp3) is 0.944. The van der Waals surface area contributed by atoms with Crippen LogP contribution in [-0.4, -0.2) is 96.7 Å². The predicted octanol–water partition coefficient (Wildman–Crippen LogP) is 20.8. The number of hydrogen-bond acceptors (Lipinski definition) is 15. The molecule has 0 bridgehead atoms. The lowest BCUT2D eigenvalue weighted by Crippen LogP contribution is -2.30. The van der Waals surface area contributed by atoms with Gasteiger partial charge in [0.15, 0.2) is 12.2 Å². The van der Waals surface area contributed by atoms with Crippen LogP contribution >= 0.6 is 15.6 Å². The molecular weight excluding hydrogens is 1200 g/mol. The van der Waals surface area contributed by atoms with E-state index in [-0.39, 0.29) is 25.7 Å². The standard InChI is InChI=1S/C72H140O17P2/c1-7-10-12-14-16-18-20-21-25-28-32-36-43-49-55-70(75)82-60-67(88-71(76)56-50-44-37-33-29-26-23-22-24-27-30-34-40-46-52-64(4)5)62-86-90(78,79)84-58-66(73)59-85-91(80,81)87-63-68(89-72(77)57-51-45-39-38-41-47-53-65(6)9-3)61-83-69(74)54-48-42-35-31-19-17-15-13-11-8-2/h64-68,73H,7-63H2,1-6H3,(H,78,79)(H,80,81)/t65?,66-,67-,68-/m1/s1. The van der Waals surface area contributed by atoms with Gasteiger partial charge in [0.05, 0.1) is 26.4 Å². The van der Waals surface area contributed by atoms with Gasteiger partial charge < -0.3 is 33.8 Å². The summed E-state index contributed by atoms with van der Waals surface area (Å²) < 4.78 is 68.3. The number of phosphoric acid groups is 2. The van der Waals surface area contributed by atoms with E-state index >= 15 is 0 Å². The third-order valence-electron chi connectivity index (χ3n) is 17.1. The molecule has 91 heavy (non-hydrogen) atoms. The average molecular weight is 1340 g/mol. The van der Waals surface area contributed by atoms with Crippen LogP contribution in [0.3, 0.4) is 0 Å². The van der Waals surface area contributed by atoms with E-state index in [1.165, 1.54) is 186 Å². The van der Waals surface area contributed by atoms with Crippen molar-refractivity contribution in [2.45, 2.75) is 387 Å². The summed E-state index contributed by atoms with van der Waals surface area (Å²) in [6.45, 7) is 9.53. The molecule has 0 aliphatic rings. The normalized spacial score (nSPS) is 14.4. The molecule has 0 radical (unpaired) electrons. The Morgan fingerprint density at radius 3 is 0.835 bits per heavy atom. The lowest BCUT2D eigenvalue weighted by Gasteiger charge is -2.21. The number of unbranched alkanes of at least 4 members (excludes halogenated alkanes) is 40. The van der Waals surface area contributed by atoms with Gasteiger partial charge in [-0.05, 0) is 37.5 Å². The minimum absolute atomic E-state index is 0.103. The molecule has 0 aromatic heterocycles. The summed E-state index contributed by atoms with van der Waals surface area (Å²) in [6, 6.07) is 0. The van der Waals surface area contributed by atoms with Crippen molar-refractivity contribution in [2.75, 3.05) is 39.6 Å². The first kappa shape index (κ1) is 89.1. The first-order valence-corrected chi connectivity index (χ1v) is 40.5. The van der Waals surface area contributed by atoms with Crippen LogP contribution in [0.4, 0.5) is 0 Å². The molecule has 0 spiro atoms. The van der Waals surface area contributed by atoms with E-state index in [1.54, 1.807) is 0 Å². The highest BCUT2D eigenvalue weighted by atomic mass is 31.2. The number of aliphatic hydroxyl groups excluding tert-OH is 1. The number of hydrogen-bond donors (Lipinski definition) is 3. The van der Waals surface area contributed by atoms with E-state index in [1.807, 2.05) is 0 Å². The number of phosphoric ester groups is 2. The molecule has 17 nitrogen and oxygen atoms in total. The number of carbonyl (C=O) groups is 4. The van der Waals surface area contributed by atoms with Gasteiger partial charge in [0.25, 0.3) is 0 Å². The molecule has 0 fully saturated rings. The Kier molecular flexibility index (Phi) is 62.7. The second-order valence-electron chi connectivity index (χ2n) is 26.7. The molecule has 0 saturated carbocycles. The van der Waals surface area contributed by atoms with Gasteiger partial charge in [-0.15, -0.1) is 0 Å². The number of ether oxygens (including phenoxy) is 4. The Hall–Kier alpha value is -1.94. The minimum Gasteiger partial charge on any atom is -0.462 e. The summed E-state index contributed by atoms with van der Waals surface area (Å²) in [6.07, 6.45) is 49.9. The first-order chi connectivity index (χ1) is 43.9. The first-order valence-electron chi connectivity index (χ1n) is 37.5. The lowest BCUT2D eigenvalue weighted by molar-refractivity contribution is -0.161. The molecule has 0 aromatic carbocycles. The summed E-state index contributed by atoms with van der Waals surface area (Å²) in [4.78, 5) is 72.6. The highest BCUT2D eigenvalue weighted by molar-refractivity contribution is 7.47. The largest absolute Gasteiger partial charge is 0.472 e. The number of carbonyl (C=O) groups excluding carboxylic acids is 4. The Morgan fingerprint density at radius 1 is 0.319 bits per heavy atom. The topological polar surface area (TPSA) is 237 Å². The SMILES string of the molecule is CCCCCCCCCCCCCCCCC(=O)OC[C@H](COP(=O)(O)OC[C@@H](O)COP(=O)(O)OC[C@@H](COC(=O)CCCCCCCCCCCC)OC(=O)CCCCCCCCC(C)CC)OC(=O)CCCCCCCCCCCCCCCCC(C)C. The maximum absolute atomic E-state index is 13.0. The monoisotopic (exact) mass is 1340 g/mol. The van der Waals surface area contributed by atoms with E-state index in [2.05, 4.69) is 41.5 Å². The van der Waals surface area contributed by atoms with Gasteiger partial charge in [-0.2, -0.15) is 0 Å². The molecule has 0 aromatic rings. The second kappa shape index (κ2) is 64.1. The Bertz CT molecular complexity index is 1770. The highest BCUT2D eigenvalue weighted by Crippen LogP contribution is 2.45. The molecule has 0 aliphatic heterocycles. The molecule has 3 N–H and O–H groups in total. The second-order valence-corrected chi connectivity index (χ2v) is 29.6. The summed E-state index contributed by atoms with van der Waals surface area (Å²) >= 11 is 0. The van der Waals surface area contributed by atoms with Crippen LogP contribution < -0.4 is 0 Å². The zero-order chi connectivity index (χ0) is 67.2. The molecule has 0 amide bonds. The van der Waals surface area contributed by atoms with Crippen molar-refractivity contribution in [3.05, 3.63) is 0 Å². The highest BCUT2D eigenvalue weighted by Gasteiger charge is 2.30. The Morgan fingerprint density at radius 2 is 0.560 bits per heavy atom. The maximum atomic E-state index is 13.0. The van der Waals surface area contributed by atoms with Crippen molar-refractivity contribution in [3.8, 4) is 0 Å². The summed E-state index contributed by atoms with van der Waals surface area (Å²) in [7, 11) is -9.90. The van der Waals surface area contributed by atoms with Gasteiger partial charge in [0.1, 0.15) is 19.3 Å². The van der Waals surface area contributed by atoms with Crippen LogP contribution in [-0.2, 0) is 65.4 Å². The van der Waals surface area contributed by atoms with Crippen LogP contribution in [0, 0.1) is 11.8 Å². The van der Waals surface area contributed by atoms with Crippen molar-refractivity contribution in [1.82, 2.24) is 0 Å². The third-order valence-corrected chi connectivity index (χ3v) is 19.0. The van der Waals surface area contributed by atoms with Crippen LogP contribution in [0.5, 0.6) is 0 Å². The van der Waals surface area contributed by atoms with Crippen molar-refractivity contribution in [3.63, 3.8) is 0 Å². The zero-order valence-electron chi connectivity index (χ0n) is 59.1. The molecule has 0 saturated heterocycles. The Labute approximate surface area is 556 Å². The van der Waals surface area contributed by atoms with Crippen molar-refractivity contribution >= 4 is 39.5 Å². The van der Waals surface area contributed by atoms with Gasteiger partial charge in [0, 0.05) is 25.7 Å². The van der Waals surface area contributed by atoms with Gasteiger partial charge in [-0.3, -0.25) is 37.3 Å². The van der Waals surface area contributed by atoms with Crippen LogP contribution in [0.1, 0.15) is 369 Å². The summed E-state index contributed by atoms with van der Waals surface area (Å²) in [5.74, 6) is -0.607. The molecule has 0 rings (SSSR count). The molecule has 0 heterocycles. The minimum atomic E-state index is -4.95. The van der Waals surface area contributed by atoms with E-state index in [9.17, 15) is 43.2 Å². The van der Waals surface area contributed by atoms with Crippen molar-refractivity contribution in [1.29, 1.82) is 0 Å². The number of rotatable bonds is 71. The van der Waals surface area contributed by atoms with E-state index < -0.39 is 97.5 Å². The van der Waals surface area contributed by atoms with E-state index in [4.69, 9.17) is 37.0 Å². The molecule has 540 valence electrons. The van der Waals surface area contributed by atoms with Crippen LogP contribution in [0.15, 0.2) is 0 Å². The average Bonchev–Trinajstić information content (AvgIpc) is 3.30. The zero-order valence-corrected chi connectivity index (χ0v) is 60.9. The van der Waals surface area contributed by atoms with E-state index in [0.717, 1.165) is 102 Å². The molecule has 3 unspecified atom stereocenters. The number of aliphatic hydroxyl groups is 1. The molecular formula is C72H140O17P2. The van der Waals surface area contributed by atoms with E-state index in [0.29, 0.717) is 25.7 Å². The number of esters is 4. The van der Waals surface area contributed by atoms with Gasteiger partial charge in [0.2, 0.25) is 0 Å². The fourth-order valence-corrected chi connectivity index (χ4v) is 12.5. The fourth-order valence-electron chi connectivity index (χ4n) is 10.9. The Balaban J connectivity index is 5.23. The third kappa shape index (κ3) is 65.1. The van der Waals surface area contributed by atoms with Gasteiger partial charge in [-0.1, -0.05) is 318 Å². The maximum Gasteiger partial charge on any atom is 0.472 e. The van der Waals surface area contributed by atoms with Crippen LogP contribution in [0.2, 0.25) is 0 Å². The lowest BCUT2D eigenvalue weighted by atomic mass is 10.00. The quantitative estimate of drug-likeness (QED) is 0.0222. The van der Waals surface area contributed by atoms with Gasteiger partial charge in [-0.25, -0.2) is 9.13 Å². The smallest absolute Gasteiger partial charge is 0.462 e. The molecule has 6 atom stereocenters. The molecule has 19 heteroatoms. The predicted molar refractivity (Wildman–Crippen MR) is 368 cm³/mol. The summed E-state index contributed by atoms with van der Waals surface area (Å²) in [5.41, 5.74) is 0. The van der Waals surface area contributed by atoms with Gasteiger partial charge >= 0.3 is 39.5 Å². The summed E-state index contributed by atoms with van der Waals surface area (Å²) in [5, 5.41) is 10.6. The van der Waals surface area contributed by atoms with Crippen LogP contribution in [0.25, 0.3) is 0 Å². The van der Waals surface area contributed by atoms with Crippen molar-refractivity contribution < 1.29 is 80.2 Å².